The molecule has 2 aromatic rings. The zero-order chi connectivity index (χ0) is 20.1. The van der Waals surface area contributed by atoms with Crippen molar-refractivity contribution in [2.45, 2.75) is 6.42 Å². The highest BCUT2D eigenvalue weighted by molar-refractivity contribution is 8.26. The number of non-ortho nitro benzene ring substituents is 1. The van der Waals surface area contributed by atoms with Gasteiger partial charge < -0.3 is 5.32 Å². The van der Waals surface area contributed by atoms with Gasteiger partial charge >= 0.3 is 0 Å². The summed E-state index contributed by atoms with van der Waals surface area (Å²) in [5.41, 5.74) is 1.30. The Hall–Kier alpha value is -3.04. The molecule has 0 radical (unpaired) electrons. The third kappa shape index (κ3) is 4.81. The molecule has 1 aliphatic rings. The van der Waals surface area contributed by atoms with E-state index in [1.54, 1.807) is 6.08 Å². The first-order valence-corrected chi connectivity index (χ1v) is 9.51. The topological polar surface area (TPSA) is 92.6 Å². The van der Waals surface area contributed by atoms with Crippen molar-refractivity contribution in [3.05, 3.63) is 75.2 Å². The van der Waals surface area contributed by atoms with E-state index >= 15 is 0 Å². The molecule has 2 aromatic carbocycles. The van der Waals surface area contributed by atoms with E-state index in [0.717, 1.165) is 5.56 Å². The highest BCUT2D eigenvalue weighted by atomic mass is 32.2. The number of thiocarbonyl (C=S) groups is 1. The van der Waals surface area contributed by atoms with Gasteiger partial charge in [0.05, 0.1) is 9.83 Å². The molecule has 9 heteroatoms. The maximum atomic E-state index is 12.5. The van der Waals surface area contributed by atoms with Crippen LogP contribution >= 0.6 is 24.0 Å². The zero-order valence-corrected chi connectivity index (χ0v) is 16.2. The molecule has 0 unspecified atom stereocenters. The quantitative estimate of drug-likeness (QED) is 0.335. The number of hydrogen-bond acceptors (Lipinski definition) is 6. The van der Waals surface area contributed by atoms with Crippen LogP contribution in [0.3, 0.4) is 0 Å². The minimum Gasteiger partial charge on any atom is -0.326 e. The van der Waals surface area contributed by atoms with E-state index in [2.05, 4.69) is 5.32 Å². The molecule has 142 valence electrons. The Morgan fingerprint density at radius 3 is 2.50 bits per heavy atom. The molecule has 2 amide bonds. The molecule has 0 spiro atoms. The molecule has 3 rings (SSSR count). The van der Waals surface area contributed by atoms with Gasteiger partial charge in [0.2, 0.25) is 5.91 Å². The Balaban J connectivity index is 1.57. The number of carbonyl (C=O) groups excluding carboxylic acids is 2. The van der Waals surface area contributed by atoms with Gasteiger partial charge in [0.1, 0.15) is 4.32 Å². The van der Waals surface area contributed by atoms with E-state index < -0.39 is 4.92 Å². The van der Waals surface area contributed by atoms with Gasteiger partial charge in [-0.2, -0.15) is 0 Å². The summed E-state index contributed by atoms with van der Waals surface area (Å²) in [5.74, 6) is -0.531. The Morgan fingerprint density at radius 1 is 1.18 bits per heavy atom. The molecule has 7 nitrogen and oxygen atoms in total. The fourth-order valence-electron chi connectivity index (χ4n) is 2.50. The second kappa shape index (κ2) is 8.77. The number of anilines is 1. The van der Waals surface area contributed by atoms with Crippen LogP contribution in [0.25, 0.3) is 6.08 Å². The standard InChI is InChI=1S/C19H15N3O4S2/c23-17(20-14-6-8-15(9-7-14)22(25)26)10-11-21-18(24)16(28-19(21)27)12-13-4-2-1-3-5-13/h1-9,12H,10-11H2,(H,20,23)/b16-12+. The van der Waals surface area contributed by atoms with E-state index in [9.17, 15) is 19.7 Å². The normalized spacial score (nSPS) is 15.1. The van der Waals surface area contributed by atoms with Gasteiger partial charge in [-0.3, -0.25) is 24.6 Å². The molecule has 28 heavy (non-hydrogen) atoms. The number of benzene rings is 2. The average molecular weight is 413 g/mol. The van der Waals surface area contributed by atoms with Crippen LogP contribution in [-0.2, 0) is 9.59 Å². The van der Waals surface area contributed by atoms with E-state index in [0.29, 0.717) is 14.9 Å². The molecule has 0 atom stereocenters. The van der Waals surface area contributed by atoms with Crippen LogP contribution in [0.5, 0.6) is 0 Å². The molecule has 1 saturated heterocycles. The van der Waals surface area contributed by atoms with Crippen LogP contribution in [0.1, 0.15) is 12.0 Å². The molecular weight excluding hydrogens is 398 g/mol. The summed E-state index contributed by atoms with van der Waals surface area (Å²) in [5, 5.41) is 13.3. The number of thioether (sulfide) groups is 1. The van der Waals surface area contributed by atoms with Gasteiger partial charge in [-0.1, -0.05) is 54.3 Å². The lowest BCUT2D eigenvalue weighted by Gasteiger charge is -2.14. The fourth-order valence-corrected chi connectivity index (χ4v) is 3.81. The summed E-state index contributed by atoms with van der Waals surface area (Å²) in [6.45, 7) is 0.162. The summed E-state index contributed by atoms with van der Waals surface area (Å²) in [6.07, 6.45) is 1.83. The zero-order valence-electron chi connectivity index (χ0n) is 14.5. The van der Waals surface area contributed by atoms with Gasteiger partial charge in [-0.25, -0.2) is 0 Å². The van der Waals surface area contributed by atoms with Crippen LogP contribution in [-0.4, -0.2) is 32.5 Å². The van der Waals surface area contributed by atoms with Crippen LogP contribution in [0.15, 0.2) is 59.5 Å². The number of nitrogens with one attached hydrogen (secondary N) is 1. The van der Waals surface area contributed by atoms with Gasteiger partial charge in [0, 0.05) is 30.8 Å². The summed E-state index contributed by atoms with van der Waals surface area (Å²) in [4.78, 5) is 36.7. The van der Waals surface area contributed by atoms with Crippen LogP contribution in [0, 0.1) is 10.1 Å². The number of carbonyl (C=O) groups is 2. The van der Waals surface area contributed by atoms with Crippen molar-refractivity contribution in [1.29, 1.82) is 0 Å². The van der Waals surface area contributed by atoms with E-state index in [1.807, 2.05) is 30.3 Å². The number of hydrogen-bond donors (Lipinski definition) is 1. The van der Waals surface area contributed by atoms with E-state index in [-0.39, 0.29) is 30.5 Å². The predicted molar refractivity (Wildman–Crippen MR) is 113 cm³/mol. The minimum absolute atomic E-state index is 0.0548. The third-order valence-electron chi connectivity index (χ3n) is 3.90. The number of nitro benzene ring substituents is 1. The second-order valence-electron chi connectivity index (χ2n) is 5.85. The first-order valence-electron chi connectivity index (χ1n) is 8.29. The van der Waals surface area contributed by atoms with E-state index in [1.165, 1.54) is 40.9 Å². The lowest BCUT2D eigenvalue weighted by molar-refractivity contribution is -0.384. The van der Waals surface area contributed by atoms with Crippen molar-refractivity contribution in [3.8, 4) is 0 Å². The third-order valence-corrected chi connectivity index (χ3v) is 5.27. The molecule has 1 N–H and O–H groups in total. The fraction of sp³-hybridized carbons (Fsp3) is 0.105. The molecule has 1 heterocycles. The average Bonchev–Trinajstić information content (AvgIpc) is 2.94. The number of nitrogens with zero attached hydrogens (tertiary/aromatic N) is 2. The Labute approximate surface area is 170 Å². The predicted octanol–water partition coefficient (Wildman–Crippen LogP) is 3.82. The van der Waals surface area contributed by atoms with Crippen molar-refractivity contribution in [3.63, 3.8) is 0 Å². The van der Waals surface area contributed by atoms with Gasteiger partial charge in [-0.15, -0.1) is 0 Å². The lowest BCUT2D eigenvalue weighted by atomic mass is 10.2. The molecule has 1 fully saturated rings. The number of rotatable bonds is 6. The maximum Gasteiger partial charge on any atom is 0.269 e. The Bertz CT molecular complexity index is 959. The van der Waals surface area contributed by atoms with Crippen molar-refractivity contribution in [2.24, 2.45) is 0 Å². The summed E-state index contributed by atoms with van der Waals surface area (Å²) in [7, 11) is 0. The number of nitro groups is 1. The first-order chi connectivity index (χ1) is 13.4. The molecule has 0 aliphatic carbocycles. The minimum atomic E-state index is -0.510. The lowest BCUT2D eigenvalue weighted by Crippen LogP contribution is -2.31. The van der Waals surface area contributed by atoms with Gasteiger partial charge in [0.25, 0.3) is 11.6 Å². The number of amides is 2. The first kappa shape index (κ1) is 19.7. The highest BCUT2D eigenvalue weighted by Gasteiger charge is 2.32. The SMILES string of the molecule is O=C(CCN1C(=O)/C(=C\c2ccccc2)SC1=S)Nc1ccc([N+](=O)[O-])cc1. The Morgan fingerprint density at radius 2 is 1.86 bits per heavy atom. The summed E-state index contributed by atoms with van der Waals surface area (Å²) in [6, 6.07) is 15.0. The van der Waals surface area contributed by atoms with Crippen molar-refractivity contribution >= 4 is 57.6 Å². The largest absolute Gasteiger partial charge is 0.326 e. The Kier molecular flexibility index (Phi) is 6.17. The monoisotopic (exact) mass is 413 g/mol. The van der Waals surface area contributed by atoms with Crippen molar-refractivity contribution in [1.82, 2.24) is 4.90 Å². The van der Waals surface area contributed by atoms with E-state index in [4.69, 9.17) is 12.2 Å². The molecule has 1 aliphatic heterocycles. The molecule has 0 aromatic heterocycles. The van der Waals surface area contributed by atoms with Gasteiger partial charge in [0.15, 0.2) is 0 Å². The van der Waals surface area contributed by atoms with Crippen molar-refractivity contribution in [2.75, 3.05) is 11.9 Å². The van der Waals surface area contributed by atoms with Crippen LogP contribution in [0.4, 0.5) is 11.4 Å². The van der Waals surface area contributed by atoms with Gasteiger partial charge in [-0.05, 0) is 23.8 Å². The van der Waals surface area contributed by atoms with Crippen LogP contribution < -0.4 is 5.32 Å². The summed E-state index contributed by atoms with van der Waals surface area (Å²) < 4.78 is 0.412. The maximum absolute atomic E-state index is 12.5. The van der Waals surface area contributed by atoms with Crippen molar-refractivity contribution < 1.29 is 14.5 Å². The van der Waals surface area contributed by atoms with Crippen LogP contribution in [0.2, 0.25) is 0 Å². The highest BCUT2D eigenvalue weighted by Crippen LogP contribution is 2.32. The molecule has 0 saturated carbocycles. The molecule has 0 bridgehead atoms. The summed E-state index contributed by atoms with van der Waals surface area (Å²) >= 11 is 6.47. The smallest absolute Gasteiger partial charge is 0.269 e. The second-order valence-corrected chi connectivity index (χ2v) is 7.52. The molecular formula is C19H15N3O4S2.